The molecule has 2 aliphatic rings. The monoisotopic (exact) mass is 264 g/mol. The van der Waals surface area contributed by atoms with Crippen LogP contribution in [-0.4, -0.2) is 35.4 Å². The number of nitrogens with zero attached hydrogens (tertiary/aromatic N) is 3. The lowest BCUT2D eigenvalue weighted by molar-refractivity contribution is 0.419. The van der Waals surface area contributed by atoms with Gasteiger partial charge < -0.3 is 10.6 Å². The van der Waals surface area contributed by atoms with Crippen LogP contribution in [0.5, 0.6) is 0 Å². The lowest BCUT2D eigenvalue weighted by Crippen LogP contribution is -2.39. The summed E-state index contributed by atoms with van der Waals surface area (Å²) >= 11 is 1.97. The number of piperidine rings is 1. The Morgan fingerprint density at radius 2 is 2.44 bits per heavy atom. The summed E-state index contributed by atoms with van der Waals surface area (Å²) in [7, 11) is 0. The Hall–Kier alpha value is -0.810. The molecule has 0 spiro atoms. The summed E-state index contributed by atoms with van der Waals surface area (Å²) in [5.74, 6) is 3.78. The number of thioether (sulfide) groups is 1. The molecule has 0 radical (unpaired) electrons. The van der Waals surface area contributed by atoms with Gasteiger partial charge in [0.05, 0.1) is 5.69 Å². The standard InChI is InChI=1S/C13H20N4S/c14-6-10-2-1-4-17(8-10)13-15-7-11-9-18-5-3-12(11)16-13/h7,10H,1-6,8-9,14H2. The van der Waals surface area contributed by atoms with E-state index in [0.29, 0.717) is 5.92 Å². The van der Waals surface area contributed by atoms with Crippen LogP contribution in [0.2, 0.25) is 0 Å². The van der Waals surface area contributed by atoms with Crippen LogP contribution in [0.25, 0.3) is 0 Å². The first-order valence-corrected chi connectivity index (χ1v) is 7.90. The molecule has 1 fully saturated rings. The highest BCUT2D eigenvalue weighted by atomic mass is 32.2. The van der Waals surface area contributed by atoms with E-state index in [-0.39, 0.29) is 0 Å². The van der Waals surface area contributed by atoms with E-state index in [2.05, 4.69) is 9.88 Å². The van der Waals surface area contributed by atoms with Crippen molar-refractivity contribution in [1.29, 1.82) is 0 Å². The van der Waals surface area contributed by atoms with E-state index in [1.807, 2.05) is 18.0 Å². The molecule has 1 unspecified atom stereocenters. The summed E-state index contributed by atoms with van der Waals surface area (Å²) in [4.78, 5) is 11.6. The van der Waals surface area contributed by atoms with Crippen molar-refractivity contribution in [2.45, 2.75) is 25.0 Å². The van der Waals surface area contributed by atoms with Gasteiger partial charge in [-0.1, -0.05) is 0 Å². The van der Waals surface area contributed by atoms with Crippen molar-refractivity contribution in [2.24, 2.45) is 11.7 Å². The Bertz CT molecular complexity index is 423. The van der Waals surface area contributed by atoms with Crippen molar-refractivity contribution in [3.05, 3.63) is 17.5 Å². The van der Waals surface area contributed by atoms with Crippen molar-refractivity contribution >= 4 is 17.7 Å². The van der Waals surface area contributed by atoms with Crippen LogP contribution in [0.3, 0.4) is 0 Å². The van der Waals surface area contributed by atoms with Gasteiger partial charge in [-0.2, -0.15) is 11.8 Å². The highest BCUT2D eigenvalue weighted by Crippen LogP contribution is 2.25. The van der Waals surface area contributed by atoms with E-state index in [1.165, 1.54) is 29.9 Å². The van der Waals surface area contributed by atoms with Crippen LogP contribution in [-0.2, 0) is 12.2 Å². The molecular formula is C13H20N4S. The Labute approximate surface area is 112 Å². The fraction of sp³-hybridized carbons (Fsp3) is 0.692. The maximum Gasteiger partial charge on any atom is 0.225 e. The largest absolute Gasteiger partial charge is 0.340 e. The Kier molecular flexibility index (Phi) is 3.70. The molecular weight excluding hydrogens is 244 g/mol. The van der Waals surface area contributed by atoms with Gasteiger partial charge in [-0.25, -0.2) is 9.97 Å². The van der Waals surface area contributed by atoms with E-state index < -0.39 is 0 Å². The zero-order valence-corrected chi connectivity index (χ0v) is 11.5. The maximum atomic E-state index is 5.78. The van der Waals surface area contributed by atoms with Gasteiger partial charge in [0.2, 0.25) is 5.95 Å². The van der Waals surface area contributed by atoms with Gasteiger partial charge in [0, 0.05) is 30.6 Å². The third-order valence-corrected chi connectivity index (χ3v) is 4.83. The Balaban J connectivity index is 1.79. The number of hydrogen-bond acceptors (Lipinski definition) is 5. The SMILES string of the molecule is NCC1CCCN(c2ncc3c(n2)CCSC3)C1. The first-order chi connectivity index (χ1) is 8.86. The molecule has 0 aliphatic carbocycles. The van der Waals surface area contributed by atoms with Crippen LogP contribution < -0.4 is 10.6 Å². The van der Waals surface area contributed by atoms with Crippen LogP contribution in [0.15, 0.2) is 6.20 Å². The van der Waals surface area contributed by atoms with Crippen molar-refractivity contribution in [2.75, 3.05) is 30.3 Å². The molecule has 0 amide bonds. The molecule has 0 aromatic carbocycles. The second-order valence-corrected chi connectivity index (χ2v) is 6.24. The van der Waals surface area contributed by atoms with Gasteiger partial charge in [0.15, 0.2) is 0 Å². The Morgan fingerprint density at radius 3 is 3.33 bits per heavy atom. The zero-order chi connectivity index (χ0) is 12.4. The van der Waals surface area contributed by atoms with E-state index >= 15 is 0 Å². The summed E-state index contributed by atoms with van der Waals surface area (Å²) in [6.07, 6.45) is 5.56. The Morgan fingerprint density at radius 1 is 1.50 bits per heavy atom. The average molecular weight is 264 g/mol. The van der Waals surface area contributed by atoms with Crippen molar-refractivity contribution in [3.63, 3.8) is 0 Å². The van der Waals surface area contributed by atoms with Crippen molar-refractivity contribution in [3.8, 4) is 0 Å². The number of aromatic nitrogens is 2. The maximum absolute atomic E-state index is 5.78. The molecule has 2 aliphatic heterocycles. The number of aryl methyl sites for hydroxylation is 1. The van der Waals surface area contributed by atoms with Crippen LogP contribution in [0.1, 0.15) is 24.1 Å². The van der Waals surface area contributed by atoms with Gasteiger partial charge >= 0.3 is 0 Å². The van der Waals surface area contributed by atoms with Gasteiger partial charge in [-0.3, -0.25) is 0 Å². The summed E-state index contributed by atoms with van der Waals surface area (Å²) in [5, 5.41) is 0. The third-order valence-electron chi connectivity index (χ3n) is 3.82. The third kappa shape index (κ3) is 2.47. The molecule has 1 aromatic heterocycles. The molecule has 2 N–H and O–H groups in total. The molecule has 98 valence electrons. The lowest BCUT2D eigenvalue weighted by Gasteiger charge is -2.32. The minimum atomic E-state index is 0.605. The second-order valence-electron chi connectivity index (χ2n) is 5.13. The van der Waals surface area contributed by atoms with Crippen molar-refractivity contribution in [1.82, 2.24) is 9.97 Å². The normalized spacial score (nSPS) is 23.8. The summed E-state index contributed by atoms with van der Waals surface area (Å²) in [5.41, 5.74) is 8.36. The number of fused-ring (bicyclic) bond motifs is 1. The predicted molar refractivity (Wildman–Crippen MR) is 75.9 cm³/mol. The minimum Gasteiger partial charge on any atom is -0.340 e. The first kappa shape index (κ1) is 12.2. The lowest BCUT2D eigenvalue weighted by atomic mass is 9.99. The van der Waals surface area contributed by atoms with E-state index in [4.69, 9.17) is 10.7 Å². The molecule has 18 heavy (non-hydrogen) atoms. The fourth-order valence-corrected chi connectivity index (χ4v) is 3.65. The highest BCUT2D eigenvalue weighted by Gasteiger charge is 2.22. The van der Waals surface area contributed by atoms with Gasteiger partial charge in [-0.15, -0.1) is 0 Å². The molecule has 3 rings (SSSR count). The molecule has 0 saturated carbocycles. The summed E-state index contributed by atoms with van der Waals surface area (Å²) < 4.78 is 0. The van der Waals surface area contributed by atoms with Crippen molar-refractivity contribution < 1.29 is 0 Å². The van der Waals surface area contributed by atoms with E-state index in [9.17, 15) is 0 Å². The number of hydrogen-bond donors (Lipinski definition) is 1. The molecule has 1 saturated heterocycles. The highest BCUT2D eigenvalue weighted by molar-refractivity contribution is 7.98. The van der Waals surface area contributed by atoms with Crippen LogP contribution >= 0.6 is 11.8 Å². The van der Waals surface area contributed by atoms with Crippen LogP contribution in [0, 0.1) is 5.92 Å². The molecule has 3 heterocycles. The molecule has 5 heteroatoms. The number of anilines is 1. The van der Waals surface area contributed by atoms with Gasteiger partial charge in [0.25, 0.3) is 0 Å². The first-order valence-electron chi connectivity index (χ1n) is 6.74. The molecule has 1 atom stereocenters. The van der Waals surface area contributed by atoms with Gasteiger partial charge in [0.1, 0.15) is 0 Å². The smallest absolute Gasteiger partial charge is 0.225 e. The topological polar surface area (TPSA) is 55.0 Å². The number of rotatable bonds is 2. The average Bonchev–Trinajstić information content (AvgIpc) is 2.47. The molecule has 0 bridgehead atoms. The van der Waals surface area contributed by atoms with Gasteiger partial charge in [-0.05, 0) is 37.5 Å². The predicted octanol–water partition coefficient (Wildman–Crippen LogP) is 1.44. The quantitative estimate of drug-likeness (QED) is 0.876. The fourth-order valence-electron chi connectivity index (χ4n) is 2.71. The summed E-state index contributed by atoms with van der Waals surface area (Å²) in [6, 6.07) is 0. The molecule has 4 nitrogen and oxygen atoms in total. The van der Waals surface area contributed by atoms with Crippen LogP contribution in [0.4, 0.5) is 5.95 Å². The minimum absolute atomic E-state index is 0.605. The number of nitrogens with two attached hydrogens (primary N) is 1. The second kappa shape index (κ2) is 5.45. The molecule has 1 aromatic rings. The zero-order valence-electron chi connectivity index (χ0n) is 10.6. The van der Waals surface area contributed by atoms with E-state index in [1.54, 1.807) is 0 Å². The summed E-state index contributed by atoms with van der Waals surface area (Å²) in [6.45, 7) is 2.87. The van der Waals surface area contributed by atoms with E-state index in [0.717, 1.165) is 37.8 Å².